The molecule has 0 aromatic heterocycles. The van der Waals surface area contributed by atoms with Crippen LogP contribution in [0.1, 0.15) is 94.8 Å². The third kappa shape index (κ3) is 10.5. The third-order valence-corrected chi connectivity index (χ3v) is 6.28. The molecule has 1 aliphatic heterocycles. The number of hydrogen-bond donors (Lipinski definition) is 1. The maximum absolute atomic E-state index is 13.2. The van der Waals surface area contributed by atoms with Crippen LogP contribution in [0.4, 0.5) is 4.39 Å². The molecule has 3 fully saturated rings. The zero-order valence-corrected chi connectivity index (χ0v) is 20.4. The molecule has 184 valence electrons. The smallest absolute Gasteiger partial charge is 0.254 e. The van der Waals surface area contributed by atoms with Crippen LogP contribution in [-0.2, 0) is 9.59 Å². The maximum atomic E-state index is 13.2. The van der Waals surface area contributed by atoms with Crippen molar-refractivity contribution in [1.29, 1.82) is 0 Å². The summed E-state index contributed by atoms with van der Waals surface area (Å²) in [7, 11) is 0. The molecule has 2 saturated carbocycles. The van der Waals surface area contributed by atoms with Gasteiger partial charge in [0.2, 0.25) is 5.91 Å². The van der Waals surface area contributed by atoms with Crippen LogP contribution < -0.4 is 5.32 Å². The predicted octanol–water partition coefficient (Wildman–Crippen LogP) is 5.53. The molecule has 5 nitrogen and oxygen atoms in total. The molecule has 3 aliphatic rings. The second kappa shape index (κ2) is 14.8. The number of piperidine rings is 1. The van der Waals surface area contributed by atoms with E-state index >= 15 is 0 Å². The van der Waals surface area contributed by atoms with E-state index in [1.54, 1.807) is 19.9 Å². The van der Waals surface area contributed by atoms with Gasteiger partial charge in [0, 0.05) is 24.9 Å². The van der Waals surface area contributed by atoms with E-state index in [4.69, 9.17) is 0 Å². The Morgan fingerprint density at radius 3 is 1.91 bits per heavy atom. The van der Waals surface area contributed by atoms with Gasteiger partial charge in [-0.2, -0.15) is 0 Å². The highest BCUT2D eigenvalue weighted by Crippen LogP contribution is 2.31. The Kier molecular flexibility index (Phi) is 12.1. The van der Waals surface area contributed by atoms with E-state index in [0.717, 1.165) is 25.9 Å². The number of benzene rings is 1. The zero-order valence-electron chi connectivity index (χ0n) is 20.4. The summed E-state index contributed by atoms with van der Waals surface area (Å²) >= 11 is 0. The first-order chi connectivity index (χ1) is 15.9. The van der Waals surface area contributed by atoms with Gasteiger partial charge < -0.3 is 10.2 Å². The number of likely N-dealkylation sites (tertiary alicyclic amines) is 1. The largest absolute Gasteiger partial charge is 0.345 e. The van der Waals surface area contributed by atoms with Crippen molar-refractivity contribution < 1.29 is 18.8 Å². The number of Topliss-reactive ketones (excluding diaryl/α,β-unsaturated/α-hetero) is 1. The fourth-order valence-electron chi connectivity index (χ4n) is 3.88. The van der Waals surface area contributed by atoms with E-state index in [9.17, 15) is 18.8 Å². The summed E-state index contributed by atoms with van der Waals surface area (Å²) in [5, 5.41) is 2.39. The second-order valence-electron chi connectivity index (χ2n) is 9.57. The van der Waals surface area contributed by atoms with Crippen LogP contribution in [0, 0.1) is 17.7 Å². The topological polar surface area (TPSA) is 66.5 Å². The van der Waals surface area contributed by atoms with Crippen LogP contribution in [-0.4, -0.2) is 42.1 Å². The number of amides is 2. The molecule has 33 heavy (non-hydrogen) atoms. The minimum absolute atomic E-state index is 0.0425. The molecule has 1 saturated heterocycles. The summed E-state index contributed by atoms with van der Waals surface area (Å²) in [4.78, 5) is 36.3. The summed E-state index contributed by atoms with van der Waals surface area (Å²) < 4.78 is 13.2. The Hall–Kier alpha value is -2.24. The van der Waals surface area contributed by atoms with Gasteiger partial charge in [-0.1, -0.05) is 64.5 Å². The van der Waals surface area contributed by atoms with E-state index in [0.29, 0.717) is 11.8 Å². The van der Waals surface area contributed by atoms with Crippen LogP contribution in [0.25, 0.3) is 0 Å². The Balaban J connectivity index is 0.000000194. The lowest BCUT2D eigenvalue weighted by atomic mass is 10.0. The van der Waals surface area contributed by atoms with E-state index < -0.39 is 11.7 Å². The van der Waals surface area contributed by atoms with Gasteiger partial charge in [-0.15, -0.1) is 0 Å². The number of ketones is 1. The number of halogens is 1. The van der Waals surface area contributed by atoms with Crippen molar-refractivity contribution in [1.82, 2.24) is 10.2 Å². The first kappa shape index (κ1) is 27.0. The zero-order chi connectivity index (χ0) is 24.1. The van der Waals surface area contributed by atoms with Crippen molar-refractivity contribution in [3.05, 3.63) is 35.6 Å². The Labute approximate surface area is 198 Å². The molecule has 0 unspecified atom stereocenters. The SMILES string of the molecule is C1CCCCC1.CC(C)C(=O)CNC(=O)c1ccccc1F.O=C(C1CC1)N1CCCCC1. The fourth-order valence-corrected chi connectivity index (χ4v) is 3.88. The molecule has 1 N–H and O–H groups in total. The predicted molar refractivity (Wildman–Crippen MR) is 129 cm³/mol. The Bertz CT molecular complexity index is 740. The average molecular weight is 461 g/mol. The summed E-state index contributed by atoms with van der Waals surface area (Å²) in [6.07, 6.45) is 15.1. The lowest BCUT2D eigenvalue weighted by Crippen LogP contribution is -2.36. The van der Waals surface area contributed by atoms with E-state index in [2.05, 4.69) is 10.2 Å². The van der Waals surface area contributed by atoms with Gasteiger partial charge in [0.25, 0.3) is 5.91 Å². The van der Waals surface area contributed by atoms with Gasteiger partial charge in [0.15, 0.2) is 5.78 Å². The van der Waals surface area contributed by atoms with E-state index in [1.807, 2.05) is 0 Å². The maximum Gasteiger partial charge on any atom is 0.254 e. The van der Waals surface area contributed by atoms with Crippen molar-refractivity contribution in [2.75, 3.05) is 19.6 Å². The second-order valence-corrected chi connectivity index (χ2v) is 9.57. The van der Waals surface area contributed by atoms with Crippen LogP contribution in [0.15, 0.2) is 24.3 Å². The summed E-state index contributed by atoms with van der Waals surface area (Å²) in [6, 6.07) is 5.66. The monoisotopic (exact) mass is 460 g/mol. The number of carbonyl (C=O) groups is 3. The van der Waals surface area contributed by atoms with Crippen molar-refractivity contribution in [2.45, 2.75) is 84.5 Å². The molecular formula is C27H41FN2O3. The quantitative estimate of drug-likeness (QED) is 0.628. The number of nitrogens with one attached hydrogen (secondary N) is 1. The first-order valence-corrected chi connectivity index (χ1v) is 12.7. The van der Waals surface area contributed by atoms with Crippen LogP contribution >= 0.6 is 0 Å². The van der Waals surface area contributed by atoms with Crippen molar-refractivity contribution in [3.8, 4) is 0 Å². The van der Waals surface area contributed by atoms with Crippen LogP contribution in [0.2, 0.25) is 0 Å². The first-order valence-electron chi connectivity index (χ1n) is 12.7. The molecule has 0 spiro atoms. The lowest BCUT2D eigenvalue weighted by molar-refractivity contribution is -0.133. The molecule has 1 aromatic carbocycles. The van der Waals surface area contributed by atoms with Crippen molar-refractivity contribution in [2.24, 2.45) is 11.8 Å². The highest BCUT2D eigenvalue weighted by Gasteiger charge is 2.33. The minimum atomic E-state index is -0.586. The Morgan fingerprint density at radius 2 is 1.42 bits per heavy atom. The van der Waals surface area contributed by atoms with E-state index in [-0.39, 0.29) is 23.8 Å². The number of rotatable bonds is 5. The van der Waals surface area contributed by atoms with Crippen molar-refractivity contribution >= 4 is 17.6 Å². The highest BCUT2D eigenvalue weighted by atomic mass is 19.1. The summed E-state index contributed by atoms with van der Waals surface area (Å²) in [5.74, 6) is -0.507. The molecule has 1 aromatic rings. The fraction of sp³-hybridized carbons (Fsp3) is 0.667. The molecule has 0 radical (unpaired) electrons. The highest BCUT2D eigenvalue weighted by molar-refractivity contribution is 5.97. The van der Waals surface area contributed by atoms with Gasteiger partial charge >= 0.3 is 0 Å². The van der Waals surface area contributed by atoms with Gasteiger partial charge in [-0.05, 0) is 44.2 Å². The van der Waals surface area contributed by atoms with Crippen molar-refractivity contribution in [3.63, 3.8) is 0 Å². The van der Waals surface area contributed by atoms with Crippen LogP contribution in [0.3, 0.4) is 0 Å². The molecule has 6 heteroatoms. The summed E-state index contributed by atoms with van der Waals surface area (Å²) in [5.41, 5.74) is -0.0425. The third-order valence-electron chi connectivity index (χ3n) is 6.28. The lowest BCUT2D eigenvalue weighted by Gasteiger charge is -2.26. The minimum Gasteiger partial charge on any atom is -0.345 e. The molecule has 0 atom stereocenters. The number of hydrogen-bond acceptors (Lipinski definition) is 3. The Morgan fingerprint density at radius 1 is 0.909 bits per heavy atom. The average Bonchev–Trinajstić information content (AvgIpc) is 3.70. The number of nitrogens with zero attached hydrogens (tertiary/aromatic N) is 1. The number of carbonyl (C=O) groups excluding carboxylic acids is 3. The van der Waals surface area contributed by atoms with Gasteiger partial charge in [-0.3, -0.25) is 14.4 Å². The normalized spacial score (nSPS) is 17.8. The molecule has 2 aliphatic carbocycles. The van der Waals surface area contributed by atoms with E-state index in [1.165, 1.54) is 76.0 Å². The van der Waals surface area contributed by atoms with Gasteiger partial charge in [-0.25, -0.2) is 4.39 Å². The molecule has 0 bridgehead atoms. The molecule has 1 heterocycles. The standard InChI is InChI=1S/C12H14FNO2.C9H15NO.C6H12/c1-8(2)11(15)7-14-12(16)9-5-3-4-6-10(9)13;11-9(8-4-5-8)10-6-2-1-3-7-10;1-2-4-6-5-3-1/h3-6,8H,7H2,1-2H3,(H,14,16);8H,1-7H2;1-6H2. The molecular weight excluding hydrogens is 419 g/mol. The van der Waals surface area contributed by atoms with Gasteiger partial charge in [0.05, 0.1) is 12.1 Å². The van der Waals surface area contributed by atoms with Gasteiger partial charge in [0.1, 0.15) is 5.82 Å². The molecule has 2 amide bonds. The molecule has 4 rings (SSSR count). The summed E-state index contributed by atoms with van der Waals surface area (Å²) in [6.45, 7) is 5.48. The van der Waals surface area contributed by atoms with Crippen LogP contribution in [0.5, 0.6) is 0 Å².